The Morgan fingerprint density at radius 3 is 2.90 bits per heavy atom. The molecule has 2 rings (SSSR count). The number of nitrogens with zero attached hydrogens (tertiary/aromatic N) is 4. The molecule has 0 saturated carbocycles. The average molecular weight is 347 g/mol. The molecule has 21 heavy (non-hydrogen) atoms. The third kappa shape index (κ3) is 4.43. The number of halogens is 1. The lowest BCUT2D eigenvalue weighted by molar-refractivity contribution is -0.130. The van der Waals surface area contributed by atoms with Crippen molar-refractivity contribution in [2.75, 3.05) is 6.54 Å². The van der Waals surface area contributed by atoms with Crippen LogP contribution in [0.1, 0.15) is 12.0 Å². The van der Waals surface area contributed by atoms with Crippen LogP contribution in [0.15, 0.2) is 47.5 Å². The molecule has 0 aliphatic rings. The van der Waals surface area contributed by atoms with Crippen molar-refractivity contribution in [1.29, 1.82) is 5.26 Å². The van der Waals surface area contributed by atoms with E-state index in [0.717, 1.165) is 10.0 Å². The van der Waals surface area contributed by atoms with Crippen molar-refractivity contribution < 1.29 is 4.79 Å². The number of imidazole rings is 1. The molecule has 0 fully saturated rings. The van der Waals surface area contributed by atoms with Crippen molar-refractivity contribution in [2.24, 2.45) is 0 Å². The monoisotopic (exact) mass is 346 g/mol. The standard InChI is InChI=1S/C15H15BrN4O/c16-14-4-2-1-3-13(14)11-20(15(21)5-6-17)10-9-19-8-7-18-12-19/h1-4,7-8,12H,5,9-11H2. The Morgan fingerprint density at radius 2 is 2.24 bits per heavy atom. The maximum atomic E-state index is 12.1. The van der Waals surface area contributed by atoms with Gasteiger partial charge in [0.25, 0.3) is 0 Å². The quantitative estimate of drug-likeness (QED) is 0.807. The van der Waals surface area contributed by atoms with Gasteiger partial charge in [0.05, 0.1) is 12.4 Å². The summed E-state index contributed by atoms with van der Waals surface area (Å²) in [6.07, 6.45) is 5.17. The Hall–Kier alpha value is -2.13. The number of hydrogen-bond donors (Lipinski definition) is 0. The maximum absolute atomic E-state index is 12.1. The second-order valence-electron chi connectivity index (χ2n) is 4.54. The summed E-state index contributed by atoms with van der Waals surface area (Å²) in [7, 11) is 0. The fraction of sp³-hybridized carbons (Fsp3) is 0.267. The van der Waals surface area contributed by atoms with Crippen LogP contribution < -0.4 is 0 Å². The molecule has 0 radical (unpaired) electrons. The smallest absolute Gasteiger partial charge is 0.237 e. The first-order valence-corrected chi connectivity index (χ1v) is 7.34. The second kappa shape index (κ2) is 7.60. The molecular weight excluding hydrogens is 332 g/mol. The first-order chi connectivity index (χ1) is 10.2. The molecule has 1 aromatic carbocycles. The number of amides is 1. The van der Waals surface area contributed by atoms with E-state index in [0.29, 0.717) is 19.6 Å². The summed E-state index contributed by atoms with van der Waals surface area (Å²) in [5.74, 6) is -0.159. The van der Waals surface area contributed by atoms with E-state index in [9.17, 15) is 4.79 Å². The van der Waals surface area contributed by atoms with E-state index in [1.165, 1.54) is 0 Å². The van der Waals surface area contributed by atoms with Gasteiger partial charge in [0.15, 0.2) is 0 Å². The Balaban J connectivity index is 2.07. The summed E-state index contributed by atoms with van der Waals surface area (Å²) in [5.41, 5.74) is 1.02. The van der Waals surface area contributed by atoms with Crippen molar-refractivity contribution in [2.45, 2.75) is 19.5 Å². The minimum absolute atomic E-state index is 0.103. The van der Waals surface area contributed by atoms with Gasteiger partial charge >= 0.3 is 0 Å². The van der Waals surface area contributed by atoms with Crippen molar-refractivity contribution in [3.63, 3.8) is 0 Å². The molecule has 5 nitrogen and oxygen atoms in total. The average Bonchev–Trinajstić information content (AvgIpc) is 2.99. The molecule has 0 unspecified atom stereocenters. The maximum Gasteiger partial charge on any atom is 0.237 e. The number of hydrogen-bond acceptors (Lipinski definition) is 3. The number of rotatable bonds is 6. The zero-order valence-electron chi connectivity index (χ0n) is 11.4. The largest absolute Gasteiger partial charge is 0.336 e. The van der Waals surface area contributed by atoms with Crippen LogP contribution in [0, 0.1) is 11.3 Å². The van der Waals surface area contributed by atoms with E-state index < -0.39 is 0 Å². The zero-order valence-corrected chi connectivity index (χ0v) is 13.0. The Bertz CT molecular complexity index is 633. The van der Waals surface area contributed by atoms with Crippen molar-refractivity contribution in [3.05, 3.63) is 53.0 Å². The van der Waals surface area contributed by atoms with E-state index in [1.807, 2.05) is 41.1 Å². The highest BCUT2D eigenvalue weighted by atomic mass is 79.9. The van der Waals surface area contributed by atoms with E-state index in [1.54, 1.807) is 17.4 Å². The van der Waals surface area contributed by atoms with Crippen LogP contribution in [0.25, 0.3) is 0 Å². The molecule has 6 heteroatoms. The zero-order chi connectivity index (χ0) is 15.1. The van der Waals surface area contributed by atoms with Gasteiger partial charge in [-0.25, -0.2) is 4.98 Å². The van der Waals surface area contributed by atoms with Gasteiger partial charge in [0.2, 0.25) is 5.91 Å². The van der Waals surface area contributed by atoms with E-state index in [2.05, 4.69) is 20.9 Å². The van der Waals surface area contributed by atoms with Gasteiger partial charge in [-0.15, -0.1) is 0 Å². The van der Waals surface area contributed by atoms with E-state index >= 15 is 0 Å². The number of aromatic nitrogens is 2. The van der Waals surface area contributed by atoms with Crippen LogP contribution in [0.5, 0.6) is 0 Å². The van der Waals surface area contributed by atoms with Gasteiger partial charge in [-0.2, -0.15) is 5.26 Å². The fourth-order valence-corrected chi connectivity index (χ4v) is 2.37. The minimum atomic E-state index is -0.159. The van der Waals surface area contributed by atoms with Crippen LogP contribution in [-0.2, 0) is 17.9 Å². The van der Waals surface area contributed by atoms with Crippen molar-refractivity contribution in [3.8, 4) is 6.07 Å². The predicted molar refractivity (Wildman–Crippen MR) is 82.0 cm³/mol. The van der Waals surface area contributed by atoms with Gasteiger partial charge in [0.1, 0.15) is 6.42 Å². The van der Waals surface area contributed by atoms with Crippen LogP contribution >= 0.6 is 15.9 Å². The summed E-state index contributed by atoms with van der Waals surface area (Å²) in [4.78, 5) is 17.8. The van der Waals surface area contributed by atoms with Gasteiger partial charge in [0, 0.05) is 36.5 Å². The lowest BCUT2D eigenvalue weighted by Crippen LogP contribution is -2.33. The second-order valence-corrected chi connectivity index (χ2v) is 5.40. The molecule has 1 amide bonds. The lowest BCUT2D eigenvalue weighted by Gasteiger charge is -2.22. The first kappa shape index (κ1) is 15.3. The first-order valence-electron chi connectivity index (χ1n) is 6.54. The van der Waals surface area contributed by atoms with Gasteiger partial charge < -0.3 is 9.47 Å². The molecule has 108 valence electrons. The molecule has 0 spiro atoms. The predicted octanol–water partition coefficient (Wildman–Crippen LogP) is 2.59. The van der Waals surface area contributed by atoms with Crippen LogP contribution in [-0.4, -0.2) is 26.9 Å². The molecule has 0 atom stereocenters. The van der Waals surface area contributed by atoms with E-state index in [-0.39, 0.29) is 12.3 Å². The van der Waals surface area contributed by atoms with Crippen LogP contribution in [0.4, 0.5) is 0 Å². The van der Waals surface area contributed by atoms with Gasteiger partial charge in [-0.1, -0.05) is 34.1 Å². The summed E-state index contributed by atoms with van der Waals surface area (Å²) in [6.45, 7) is 1.68. The Kier molecular flexibility index (Phi) is 5.52. The topological polar surface area (TPSA) is 61.9 Å². The molecule has 1 aromatic heterocycles. The van der Waals surface area contributed by atoms with Gasteiger partial charge in [-0.05, 0) is 11.6 Å². The summed E-state index contributed by atoms with van der Waals surface area (Å²) < 4.78 is 2.87. The Labute approximate surface area is 131 Å². The Morgan fingerprint density at radius 1 is 1.43 bits per heavy atom. The minimum Gasteiger partial charge on any atom is -0.336 e. The van der Waals surface area contributed by atoms with Crippen LogP contribution in [0.2, 0.25) is 0 Å². The summed E-state index contributed by atoms with van der Waals surface area (Å²) in [5, 5.41) is 8.74. The third-order valence-corrected chi connectivity index (χ3v) is 3.86. The molecule has 1 heterocycles. The number of carbonyl (C=O) groups excluding carboxylic acids is 1. The number of benzene rings is 1. The number of carbonyl (C=O) groups is 1. The van der Waals surface area contributed by atoms with Crippen molar-refractivity contribution in [1.82, 2.24) is 14.5 Å². The molecule has 0 bridgehead atoms. The SMILES string of the molecule is N#CCC(=O)N(CCn1ccnc1)Cc1ccccc1Br. The normalized spacial score (nSPS) is 10.1. The molecule has 0 aliphatic carbocycles. The van der Waals surface area contributed by atoms with Gasteiger partial charge in [-0.3, -0.25) is 4.79 Å². The summed E-state index contributed by atoms with van der Waals surface area (Å²) >= 11 is 3.48. The number of nitriles is 1. The fourth-order valence-electron chi connectivity index (χ4n) is 1.96. The molecule has 0 N–H and O–H groups in total. The van der Waals surface area contributed by atoms with Crippen LogP contribution in [0.3, 0.4) is 0 Å². The molecule has 2 aromatic rings. The molecule has 0 saturated heterocycles. The molecule has 0 aliphatic heterocycles. The van der Waals surface area contributed by atoms with Crippen molar-refractivity contribution >= 4 is 21.8 Å². The lowest BCUT2D eigenvalue weighted by atomic mass is 10.2. The highest BCUT2D eigenvalue weighted by molar-refractivity contribution is 9.10. The molecular formula is C15H15BrN4O. The third-order valence-electron chi connectivity index (χ3n) is 3.09. The van der Waals surface area contributed by atoms with E-state index in [4.69, 9.17) is 5.26 Å². The highest BCUT2D eigenvalue weighted by Crippen LogP contribution is 2.18. The highest BCUT2D eigenvalue weighted by Gasteiger charge is 2.14. The summed E-state index contributed by atoms with van der Waals surface area (Å²) in [6, 6.07) is 9.69.